The van der Waals surface area contributed by atoms with Crippen molar-refractivity contribution in [3.8, 4) is 5.88 Å². The molecule has 4 heteroatoms. The summed E-state index contributed by atoms with van der Waals surface area (Å²) in [5.74, 6) is 0.613. The summed E-state index contributed by atoms with van der Waals surface area (Å²) in [4.78, 5) is 4.30. The van der Waals surface area contributed by atoms with Crippen molar-refractivity contribution in [3.63, 3.8) is 0 Å². The predicted octanol–water partition coefficient (Wildman–Crippen LogP) is 3.00. The van der Waals surface area contributed by atoms with Crippen LogP contribution in [-0.2, 0) is 0 Å². The standard InChI is InChI=1S/C12H18BrNO2/c1-8-7-10(14-9(2)11(8)13)16-6-5-12(3,4)15/h7,15H,5-6H2,1-4H3. The van der Waals surface area contributed by atoms with Crippen LogP contribution >= 0.6 is 15.9 Å². The Bertz CT molecular complexity index is 349. The van der Waals surface area contributed by atoms with Gasteiger partial charge in [0.2, 0.25) is 5.88 Å². The zero-order valence-corrected chi connectivity index (χ0v) is 11.8. The van der Waals surface area contributed by atoms with Crippen molar-refractivity contribution in [2.45, 2.75) is 39.7 Å². The molecule has 0 atom stereocenters. The molecule has 0 unspecified atom stereocenters. The lowest BCUT2D eigenvalue weighted by Crippen LogP contribution is -2.22. The molecular weight excluding hydrogens is 270 g/mol. The summed E-state index contributed by atoms with van der Waals surface area (Å²) in [5, 5.41) is 9.54. The van der Waals surface area contributed by atoms with Crippen LogP contribution < -0.4 is 4.74 Å². The number of hydrogen-bond donors (Lipinski definition) is 1. The zero-order chi connectivity index (χ0) is 12.3. The lowest BCUT2D eigenvalue weighted by molar-refractivity contribution is 0.0546. The summed E-state index contributed by atoms with van der Waals surface area (Å²) in [7, 11) is 0. The Morgan fingerprint density at radius 3 is 2.56 bits per heavy atom. The van der Waals surface area contributed by atoms with Crippen molar-refractivity contribution in [2.75, 3.05) is 6.61 Å². The highest BCUT2D eigenvalue weighted by molar-refractivity contribution is 9.10. The summed E-state index contributed by atoms with van der Waals surface area (Å²) < 4.78 is 6.52. The highest BCUT2D eigenvalue weighted by Gasteiger charge is 2.12. The van der Waals surface area contributed by atoms with Crippen LogP contribution in [0.1, 0.15) is 31.5 Å². The Morgan fingerprint density at radius 1 is 1.44 bits per heavy atom. The number of aromatic nitrogens is 1. The van der Waals surface area contributed by atoms with E-state index >= 15 is 0 Å². The number of pyridine rings is 1. The molecule has 0 aliphatic heterocycles. The van der Waals surface area contributed by atoms with Gasteiger partial charge in [-0.3, -0.25) is 0 Å². The first-order valence-electron chi connectivity index (χ1n) is 5.28. The fourth-order valence-corrected chi connectivity index (χ4v) is 1.46. The minimum absolute atomic E-state index is 0.469. The molecule has 16 heavy (non-hydrogen) atoms. The van der Waals surface area contributed by atoms with Gasteiger partial charge in [-0.2, -0.15) is 0 Å². The number of aryl methyl sites for hydroxylation is 2. The summed E-state index contributed by atoms with van der Waals surface area (Å²) >= 11 is 3.46. The third-order valence-electron chi connectivity index (χ3n) is 2.25. The molecule has 90 valence electrons. The van der Waals surface area contributed by atoms with Crippen molar-refractivity contribution < 1.29 is 9.84 Å². The summed E-state index contributed by atoms with van der Waals surface area (Å²) in [6.07, 6.45) is 0.586. The molecule has 0 saturated carbocycles. The maximum absolute atomic E-state index is 9.54. The molecule has 0 fully saturated rings. The van der Waals surface area contributed by atoms with E-state index in [1.54, 1.807) is 13.8 Å². The highest BCUT2D eigenvalue weighted by Crippen LogP contribution is 2.23. The minimum atomic E-state index is -0.695. The molecule has 1 aromatic heterocycles. The van der Waals surface area contributed by atoms with Crippen LogP contribution in [0, 0.1) is 13.8 Å². The topological polar surface area (TPSA) is 42.4 Å². The number of aliphatic hydroxyl groups is 1. The molecule has 1 rings (SSSR count). The molecule has 0 aliphatic rings. The number of hydrogen-bond acceptors (Lipinski definition) is 3. The molecule has 0 bridgehead atoms. The van der Waals surface area contributed by atoms with Gasteiger partial charge in [0.1, 0.15) is 0 Å². The van der Waals surface area contributed by atoms with Crippen LogP contribution in [0.15, 0.2) is 10.5 Å². The van der Waals surface area contributed by atoms with Crippen molar-refractivity contribution in [2.24, 2.45) is 0 Å². The maximum atomic E-state index is 9.54. The van der Waals surface area contributed by atoms with Crippen LogP contribution in [0.2, 0.25) is 0 Å². The molecule has 3 nitrogen and oxygen atoms in total. The molecular formula is C12H18BrNO2. The quantitative estimate of drug-likeness (QED) is 0.926. The van der Waals surface area contributed by atoms with Gasteiger partial charge in [-0.05, 0) is 49.2 Å². The molecule has 0 aliphatic carbocycles. The van der Waals surface area contributed by atoms with E-state index in [0.29, 0.717) is 18.9 Å². The second-order valence-electron chi connectivity index (χ2n) is 4.59. The average Bonchev–Trinajstić information content (AvgIpc) is 2.12. The smallest absolute Gasteiger partial charge is 0.213 e. The van der Waals surface area contributed by atoms with Gasteiger partial charge in [-0.1, -0.05) is 0 Å². The van der Waals surface area contributed by atoms with Gasteiger partial charge in [-0.15, -0.1) is 0 Å². The van der Waals surface area contributed by atoms with Gasteiger partial charge in [-0.25, -0.2) is 4.98 Å². The number of ether oxygens (including phenoxy) is 1. The van der Waals surface area contributed by atoms with E-state index in [0.717, 1.165) is 15.7 Å². The molecule has 0 saturated heterocycles. The van der Waals surface area contributed by atoms with Crippen LogP contribution in [0.3, 0.4) is 0 Å². The number of nitrogens with zero attached hydrogens (tertiary/aromatic N) is 1. The third kappa shape index (κ3) is 4.10. The second-order valence-corrected chi connectivity index (χ2v) is 5.38. The molecule has 1 heterocycles. The van der Waals surface area contributed by atoms with Gasteiger partial charge in [0.25, 0.3) is 0 Å². The zero-order valence-electron chi connectivity index (χ0n) is 10.2. The van der Waals surface area contributed by atoms with E-state index in [4.69, 9.17) is 4.74 Å². The van der Waals surface area contributed by atoms with E-state index in [1.807, 2.05) is 19.9 Å². The fraction of sp³-hybridized carbons (Fsp3) is 0.583. The highest BCUT2D eigenvalue weighted by atomic mass is 79.9. The minimum Gasteiger partial charge on any atom is -0.478 e. The fourth-order valence-electron chi connectivity index (χ4n) is 1.26. The van der Waals surface area contributed by atoms with Crippen molar-refractivity contribution >= 4 is 15.9 Å². The van der Waals surface area contributed by atoms with E-state index in [9.17, 15) is 5.11 Å². The largest absolute Gasteiger partial charge is 0.478 e. The lowest BCUT2D eigenvalue weighted by atomic mass is 10.1. The molecule has 1 aromatic rings. The van der Waals surface area contributed by atoms with Gasteiger partial charge in [0.15, 0.2) is 0 Å². The molecule has 0 radical (unpaired) electrons. The first-order chi connectivity index (χ1) is 7.29. The summed E-state index contributed by atoms with van der Waals surface area (Å²) in [6, 6.07) is 1.89. The Morgan fingerprint density at radius 2 is 2.06 bits per heavy atom. The van der Waals surface area contributed by atoms with Gasteiger partial charge < -0.3 is 9.84 Å². The van der Waals surface area contributed by atoms with E-state index in [2.05, 4.69) is 20.9 Å². The Hall–Kier alpha value is -0.610. The monoisotopic (exact) mass is 287 g/mol. The van der Waals surface area contributed by atoms with Crippen LogP contribution in [-0.4, -0.2) is 22.3 Å². The van der Waals surface area contributed by atoms with Gasteiger partial charge in [0.05, 0.1) is 17.9 Å². The Labute approximate surface area is 105 Å². The maximum Gasteiger partial charge on any atom is 0.213 e. The summed E-state index contributed by atoms with van der Waals surface area (Å²) in [6.45, 7) is 7.93. The SMILES string of the molecule is Cc1cc(OCCC(C)(C)O)nc(C)c1Br. The van der Waals surface area contributed by atoms with Crippen molar-refractivity contribution in [3.05, 3.63) is 21.8 Å². The number of halogens is 1. The molecule has 0 aromatic carbocycles. The van der Waals surface area contributed by atoms with Gasteiger partial charge in [0, 0.05) is 17.0 Å². The molecule has 0 amide bonds. The first-order valence-corrected chi connectivity index (χ1v) is 6.08. The lowest BCUT2D eigenvalue weighted by Gasteiger charge is -2.17. The van der Waals surface area contributed by atoms with E-state index in [1.165, 1.54) is 0 Å². The predicted molar refractivity (Wildman–Crippen MR) is 67.8 cm³/mol. The first kappa shape index (κ1) is 13.5. The second kappa shape index (κ2) is 5.15. The van der Waals surface area contributed by atoms with Gasteiger partial charge >= 0.3 is 0 Å². The van der Waals surface area contributed by atoms with Crippen LogP contribution in [0.4, 0.5) is 0 Å². The van der Waals surface area contributed by atoms with E-state index < -0.39 is 5.60 Å². The van der Waals surface area contributed by atoms with Crippen LogP contribution in [0.5, 0.6) is 5.88 Å². The number of rotatable bonds is 4. The molecule has 1 N–H and O–H groups in total. The van der Waals surface area contributed by atoms with Crippen LogP contribution in [0.25, 0.3) is 0 Å². The third-order valence-corrected chi connectivity index (χ3v) is 3.44. The normalized spacial score (nSPS) is 11.6. The molecule has 0 spiro atoms. The Balaban J connectivity index is 2.62. The average molecular weight is 288 g/mol. The Kier molecular flexibility index (Phi) is 4.33. The van der Waals surface area contributed by atoms with E-state index in [-0.39, 0.29) is 0 Å². The van der Waals surface area contributed by atoms with Crippen molar-refractivity contribution in [1.82, 2.24) is 4.98 Å². The van der Waals surface area contributed by atoms with Crippen molar-refractivity contribution in [1.29, 1.82) is 0 Å². The summed E-state index contributed by atoms with van der Waals surface area (Å²) in [5.41, 5.74) is 1.32.